The van der Waals surface area contributed by atoms with E-state index in [0.717, 1.165) is 38.6 Å². The number of rotatable bonds is 5. The van der Waals surface area contributed by atoms with Crippen LogP contribution in [-0.4, -0.2) is 33.2 Å². The summed E-state index contributed by atoms with van der Waals surface area (Å²) >= 11 is 6.26. The molecule has 0 saturated heterocycles. The number of benzene rings is 2. The molecule has 0 atom stereocenters. The smallest absolute Gasteiger partial charge is 0.407 e. The van der Waals surface area contributed by atoms with Gasteiger partial charge in [0.25, 0.3) is 0 Å². The number of amides is 1. The number of nitrogens with zero attached hydrogens (tertiary/aromatic N) is 2. The van der Waals surface area contributed by atoms with Crippen molar-refractivity contribution >= 4 is 51.1 Å². The van der Waals surface area contributed by atoms with Gasteiger partial charge in [-0.25, -0.2) is 14.8 Å². The molecule has 32 heavy (non-hydrogen) atoms. The van der Waals surface area contributed by atoms with Crippen LogP contribution in [0.3, 0.4) is 0 Å². The van der Waals surface area contributed by atoms with Gasteiger partial charge < -0.3 is 20.4 Å². The highest BCUT2D eigenvalue weighted by Gasteiger charge is 2.16. The second-order valence-electron chi connectivity index (χ2n) is 8.76. The molecule has 2 heterocycles. The van der Waals surface area contributed by atoms with Gasteiger partial charge in [0.05, 0.1) is 0 Å². The topological polar surface area (TPSA) is 91.9 Å². The monoisotopic (exact) mass is 451 g/mol. The number of carbonyl (C=O) groups excluding carboxylic acids is 1. The molecule has 4 rings (SSSR count). The number of H-pyrrole nitrogens is 1. The second kappa shape index (κ2) is 8.67. The van der Waals surface area contributed by atoms with E-state index in [9.17, 15) is 4.79 Å². The number of ether oxygens (including phenoxy) is 1. The summed E-state index contributed by atoms with van der Waals surface area (Å²) in [5.41, 5.74) is 4.35. The van der Waals surface area contributed by atoms with Gasteiger partial charge in [-0.15, -0.1) is 0 Å². The molecule has 166 valence electrons. The Labute approximate surface area is 191 Å². The molecule has 3 N–H and O–H groups in total. The average molecular weight is 452 g/mol. The molecule has 0 spiro atoms. The molecule has 0 fully saturated rings. The van der Waals surface area contributed by atoms with Crippen LogP contribution in [0.5, 0.6) is 0 Å². The number of hydrogen-bond acceptors (Lipinski definition) is 5. The predicted octanol–water partition coefficient (Wildman–Crippen LogP) is 5.88. The molecular formula is C24H26ClN5O2. The number of hydrogen-bond donors (Lipinski definition) is 3. The molecule has 4 aromatic rings. The van der Waals surface area contributed by atoms with E-state index in [4.69, 9.17) is 16.3 Å². The van der Waals surface area contributed by atoms with E-state index in [1.54, 1.807) is 12.4 Å². The first-order valence-electron chi connectivity index (χ1n) is 10.4. The van der Waals surface area contributed by atoms with E-state index < -0.39 is 11.7 Å². The van der Waals surface area contributed by atoms with E-state index in [1.807, 2.05) is 52.0 Å². The normalized spacial score (nSPS) is 11.7. The number of aryl methyl sites for hydroxylation is 1. The van der Waals surface area contributed by atoms with Crippen LogP contribution in [0, 0.1) is 6.92 Å². The van der Waals surface area contributed by atoms with Crippen molar-refractivity contribution in [1.29, 1.82) is 0 Å². The van der Waals surface area contributed by atoms with Crippen molar-refractivity contribution < 1.29 is 9.53 Å². The van der Waals surface area contributed by atoms with Crippen molar-refractivity contribution in [3.8, 4) is 0 Å². The Morgan fingerprint density at radius 1 is 1.12 bits per heavy atom. The lowest BCUT2D eigenvalue weighted by atomic mass is 10.0. The zero-order valence-electron chi connectivity index (χ0n) is 18.5. The average Bonchev–Trinajstić information content (AvgIpc) is 3.06. The Hall–Kier alpha value is -3.32. The summed E-state index contributed by atoms with van der Waals surface area (Å²) in [6.07, 6.45) is 3.72. The predicted molar refractivity (Wildman–Crippen MR) is 129 cm³/mol. The number of nitrogens with one attached hydrogen (secondary N) is 3. The lowest BCUT2D eigenvalue weighted by Crippen LogP contribution is -2.33. The summed E-state index contributed by atoms with van der Waals surface area (Å²) in [4.78, 5) is 24.2. The number of aromatic amines is 1. The van der Waals surface area contributed by atoms with Crippen molar-refractivity contribution in [1.82, 2.24) is 20.3 Å². The highest BCUT2D eigenvalue weighted by Crippen LogP contribution is 2.33. The van der Waals surface area contributed by atoms with E-state index in [1.165, 1.54) is 0 Å². The maximum absolute atomic E-state index is 12.0. The molecule has 0 aliphatic rings. The lowest BCUT2D eigenvalue weighted by Gasteiger charge is -2.19. The van der Waals surface area contributed by atoms with Gasteiger partial charge >= 0.3 is 6.09 Å². The van der Waals surface area contributed by atoms with Crippen LogP contribution in [0.2, 0.25) is 5.02 Å². The number of alkyl carbamates (subject to hydrolysis) is 1. The van der Waals surface area contributed by atoms with Crippen LogP contribution in [0.25, 0.3) is 21.8 Å². The largest absolute Gasteiger partial charge is 0.444 e. The van der Waals surface area contributed by atoms with Gasteiger partial charge in [-0.2, -0.15) is 0 Å². The van der Waals surface area contributed by atoms with E-state index >= 15 is 0 Å². The molecule has 0 bridgehead atoms. The first-order chi connectivity index (χ1) is 15.2. The highest BCUT2D eigenvalue weighted by atomic mass is 35.5. The van der Waals surface area contributed by atoms with Crippen LogP contribution >= 0.6 is 11.6 Å². The standard InChI is InChI=1S/C24H26ClN5O2/c1-14-12-27-22(28-13-14)29-17-9-15(7-8-26-23(31)32-24(2,3)4)21-19(11-17)18-10-16(25)5-6-20(18)30-21/h5-6,9-13,30H,7-8H2,1-4H3,(H,26,31)(H,27,28,29). The summed E-state index contributed by atoms with van der Waals surface area (Å²) in [7, 11) is 0. The van der Waals surface area contributed by atoms with E-state index in [0.29, 0.717) is 23.9 Å². The minimum Gasteiger partial charge on any atom is -0.444 e. The SMILES string of the molecule is Cc1cnc(Nc2cc(CCNC(=O)OC(C)(C)C)c3[nH]c4ccc(Cl)cc4c3c2)nc1. The fraction of sp³-hybridized carbons (Fsp3) is 0.292. The molecule has 0 aliphatic carbocycles. The van der Waals surface area contributed by atoms with E-state index in [-0.39, 0.29) is 0 Å². The van der Waals surface area contributed by atoms with Crippen LogP contribution in [0.15, 0.2) is 42.7 Å². The maximum atomic E-state index is 12.0. The van der Waals surface area contributed by atoms with Crippen molar-refractivity contribution in [3.63, 3.8) is 0 Å². The zero-order valence-corrected chi connectivity index (χ0v) is 19.3. The summed E-state index contributed by atoms with van der Waals surface area (Å²) in [5.74, 6) is 0.519. The first kappa shape index (κ1) is 21.9. The Bertz CT molecular complexity index is 1280. The molecule has 1 amide bonds. The molecule has 0 unspecified atom stereocenters. The Balaban J connectivity index is 1.66. The van der Waals surface area contributed by atoms with Gasteiger partial charge in [0, 0.05) is 51.5 Å². The summed E-state index contributed by atoms with van der Waals surface area (Å²) < 4.78 is 5.34. The van der Waals surface area contributed by atoms with Crippen molar-refractivity contribution in [2.45, 2.75) is 39.7 Å². The zero-order chi connectivity index (χ0) is 22.9. The van der Waals surface area contributed by atoms with Gasteiger partial charge in [0.1, 0.15) is 5.60 Å². The number of carbonyl (C=O) groups is 1. The number of halogens is 1. The van der Waals surface area contributed by atoms with Gasteiger partial charge in [-0.1, -0.05) is 11.6 Å². The number of fused-ring (bicyclic) bond motifs is 3. The molecule has 0 saturated carbocycles. The summed E-state index contributed by atoms with van der Waals surface area (Å²) in [5, 5.41) is 8.85. The third-order valence-corrected chi connectivity index (χ3v) is 5.09. The Morgan fingerprint density at radius 3 is 2.59 bits per heavy atom. The van der Waals surface area contributed by atoms with Gasteiger partial charge in [-0.05, 0) is 75.6 Å². The van der Waals surface area contributed by atoms with Gasteiger partial charge in [0.15, 0.2) is 0 Å². The van der Waals surface area contributed by atoms with E-state index in [2.05, 4.69) is 31.7 Å². The second-order valence-corrected chi connectivity index (χ2v) is 9.20. The van der Waals surface area contributed by atoms with Gasteiger partial charge in [-0.3, -0.25) is 0 Å². The molecule has 2 aromatic carbocycles. The van der Waals surface area contributed by atoms with Crippen molar-refractivity contribution in [3.05, 3.63) is 58.9 Å². The third-order valence-electron chi connectivity index (χ3n) is 4.85. The van der Waals surface area contributed by atoms with Crippen LogP contribution < -0.4 is 10.6 Å². The molecule has 0 radical (unpaired) electrons. The minimum absolute atomic E-state index is 0.431. The number of anilines is 2. The molecule has 2 aromatic heterocycles. The van der Waals surface area contributed by atoms with Crippen LogP contribution in [-0.2, 0) is 11.2 Å². The van der Waals surface area contributed by atoms with Crippen LogP contribution in [0.1, 0.15) is 31.9 Å². The summed E-state index contributed by atoms with van der Waals surface area (Å²) in [6.45, 7) is 7.90. The summed E-state index contributed by atoms with van der Waals surface area (Å²) in [6, 6.07) is 9.88. The molecular weight excluding hydrogens is 426 g/mol. The maximum Gasteiger partial charge on any atom is 0.407 e. The van der Waals surface area contributed by atoms with Crippen LogP contribution in [0.4, 0.5) is 16.4 Å². The highest BCUT2D eigenvalue weighted by molar-refractivity contribution is 6.31. The van der Waals surface area contributed by atoms with Gasteiger partial charge in [0.2, 0.25) is 5.95 Å². The molecule has 0 aliphatic heterocycles. The third kappa shape index (κ3) is 5.11. The Kier molecular flexibility index (Phi) is 5.93. The fourth-order valence-corrected chi connectivity index (χ4v) is 3.69. The number of aromatic nitrogens is 3. The lowest BCUT2D eigenvalue weighted by molar-refractivity contribution is 0.0528. The van der Waals surface area contributed by atoms with Crippen molar-refractivity contribution in [2.75, 3.05) is 11.9 Å². The molecule has 7 nitrogen and oxygen atoms in total. The Morgan fingerprint density at radius 2 is 1.88 bits per heavy atom. The molecule has 8 heteroatoms. The first-order valence-corrected chi connectivity index (χ1v) is 10.8. The fourth-order valence-electron chi connectivity index (χ4n) is 3.51. The van der Waals surface area contributed by atoms with Crippen molar-refractivity contribution in [2.24, 2.45) is 0 Å². The minimum atomic E-state index is -0.536. The quantitative estimate of drug-likeness (QED) is 0.352.